The zero-order valence-corrected chi connectivity index (χ0v) is 12.4. The minimum absolute atomic E-state index is 0.103. The number of nitrogens with one attached hydrogen (secondary N) is 1. The molecule has 0 spiro atoms. The molecule has 8 nitrogen and oxygen atoms in total. The molecule has 0 amide bonds. The fourth-order valence-electron chi connectivity index (χ4n) is 2.41. The molecule has 1 aliphatic heterocycles. The summed E-state index contributed by atoms with van der Waals surface area (Å²) in [5, 5.41) is 11.2. The molecule has 114 valence electrons. The molecular weight excluding hydrogens is 272 g/mol. The Morgan fingerprint density at radius 2 is 2.29 bits per heavy atom. The highest BCUT2D eigenvalue weighted by Crippen LogP contribution is 2.20. The largest absolute Gasteiger partial charge is 0.367 e. The molecule has 3 heterocycles. The van der Waals surface area contributed by atoms with Crippen LogP contribution in [0.3, 0.4) is 0 Å². The van der Waals surface area contributed by atoms with Crippen LogP contribution in [-0.2, 0) is 17.7 Å². The van der Waals surface area contributed by atoms with Crippen molar-refractivity contribution in [2.45, 2.75) is 39.3 Å². The fourth-order valence-corrected chi connectivity index (χ4v) is 2.41. The Morgan fingerprint density at radius 1 is 1.38 bits per heavy atom. The predicted molar refractivity (Wildman–Crippen MR) is 73.4 cm³/mol. The number of aromatic nitrogens is 5. The van der Waals surface area contributed by atoms with Crippen molar-refractivity contribution < 1.29 is 9.26 Å². The number of hydrogen-bond acceptors (Lipinski definition) is 7. The number of morpholine rings is 1. The summed E-state index contributed by atoms with van der Waals surface area (Å²) in [5.41, 5.74) is 0. The maximum atomic E-state index is 5.78. The van der Waals surface area contributed by atoms with E-state index in [0.29, 0.717) is 24.9 Å². The summed E-state index contributed by atoms with van der Waals surface area (Å²) in [6.45, 7) is 6.80. The van der Waals surface area contributed by atoms with Crippen LogP contribution in [0.4, 0.5) is 0 Å². The lowest BCUT2D eigenvalue weighted by atomic mass is 10.2. The van der Waals surface area contributed by atoms with E-state index in [1.807, 2.05) is 0 Å². The summed E-state index contributed by atoms with van der Waals surface area (Å²) in [7, 11) is 0. The molecule has 0 aromatic carbocycles. The summed E-state index contributed by atoms with van der Waals surface area (Å²) in [6, 6.07) is 0. The van der Waals surface area contributed by atoms with Crippen molar-refractivity contribution in [1.29, 1.82) is 0 Å². The Morgan fingerprint density at radius 3 is 3.05 bits per heavy atom. The molecular formula is C13H20N6O2. The Hall–Kier alpha value is -1.80. The van der Waals surface area contributed by atoms with Crippen molar-refractivity contribution >= 4 is 0 Å². The summed E-state index contributed by atoms with van der Waals surface area (Å²) >= 11 is 0. The van der Waals surface area contributed by atoms with Crippen molar-refractivity contribution in [3.63, 3.8) is 0 Å². The second-order valence-corrected chi connectivity index (χ2v) is 5.21. The topological polar surface area (TPSA) is 93.0 Å². The first-order chi connectivity index (χ1) is 10.2. The number of aromatic amines is 1. The van der Waals surface area contributed by atoms with Crippen LogP contribution in [0.5, 0.6) is 0 Å². The molecule has 1 aliphatic rings. The van der Waals surface area contributed by atoms with Gasteiger partial charge in [-0.15, -0.1) is 0 Å². The van der Waals surface area contributed by atoms with Crippen LogP contribution in [0.25, 0.3) is 0 Å². The minimum Gasteiger partial charge on any atom is -0.367 e. The molecule has 0 bridgehead atoms. The average molecular weight is 292 g/mol. The number of ether oxygens (including phenoxy) is 1. The molecule has 1 N–H and O–H groups in total. The summed E-state index contributed by atoms with van der Waals surface area (Å²) in [6.07, 6.45) is 1.85. The molecule has 1 atom stereocenters. The first-order valence-corrected chi connectivity index (χ1v) is 7.29. The van der Waals surface area contributed by atoms with Gasteiger partial charge in [0.25, 0.3) is 0 Å². The molecule has 0 saturated carbocycles. The molecule has 1 fully saturated rings. The van der Waals surface area contributed by atoms with Gasteiger partial charge in [0.15, 0.2) is 11.6 Å². The highest BCUT2D eigenvalue weighted by Gasteiger charge is 2.26. The van der Waals surface area contributed by atoms with E-state index in [4.69, 9.17) is 9.26 Å². The van der Waals surface area contributed by atoms with Crippen LogP contribution in [-0.4, -0.2) is 49.9 Å². The third kappa shape index (κ3) is 3.45. The van der Waals surface area contributed by atoms with E-state index < -0.39 is 0 Å². The van der Waals surface area contributed by atoms with Gasteiger partial charge in [-0.2, -0.15) is 10.1 Å². The lowest BCUT2D eigenvalue weighted by Crippen LogP contribution is -2.38. The highest BCUT2D eigenvalue weighted by atomic mass is 16.5. The third-order valence-electron chi connectivity index (χ3n) is 3.41. The standard InChI is InChI=1S/C13H20N6O2/c1-3-4-11-15-13(17-16-11)10-7-19(5-6-20-10)8-12-14-9(2)21-18-12/h10H,3-8H2,1-2H3,(H,15,16,17)/t10-/m0/s1. The Kier molecular flexibility index (Phi) is 4.26. The molecule has 0 radical (unpaired) electrons. The minimum atomic E-state index is -0.103. The summed E-state index contributed by atoms with van der Waals surface area (Å²) in [5.74, 6) is 2.94. The maximum Gasteiger partial charge on any atom is 0.223 e. The van der Waals surface area contributed by atoms with E-state index >= 15 is 0 Å². The van der Waals surface area contributed by atoms with Crippen LogP contribution in [0, 0.1) is 6.92 Å². The number of hydrogen-bond donors (Lipinski definition) is 1. The second kappa shape index (κ2) is 6.31. The monoisotopic (exact) mass is 292 g/mol. The zero-order chi connectivity index (χ0) is 14.7. The van der Waals surface area contributed by atoms with Gasteiger partial charge in [-0.25, -0.2) is 4.98 Å². The van der Waals surface area contributed by atoms with Crippen molar-refractivity contribution in [2.75, 3.05) is 19.7 Å². The van der Waals surface area contributed by atoms with Crippen molar-refractivity contribution in [3.05, 3.63) is 23.4 Å². The Bertz CT molecular complexity index is 581. The molecule has 1 saturated heterocycles. The SMILES string of the molecule is CCCc1nc([C@@H]2CN(Cc3noc(C)n3)CCO2)n[nH]1. The maximum absolute atomic E-state index is 5.78. The normalized spacial score (nSPS) is 20.0. The molecule has 3 rings (SSSR count). The molecule has 2 aromatic heterocycles. The fraction of sp³-hybridized carbons (Fsp3) is 0.692. The van der Waals surface area contributed by atoms with E-state index in [0.717, 1.165) is 37.6 Å². The van der Waals surface area contributed by atoms with Gasteiger partial charge in [0.05, 0.1) is 13.2 Å². The lowest BCUT2D eigenvalue weighted by molar-refractivity contribution is -0.0379. The number of nitrogens with zero attached hydrogens (tertiary/aromatic N) is 5. The van der Waals surface area contributed by atoms with E-state index in [2.05, 4.69) is 37.1 Å². The van der Waals surface area contributed by atoms with Gasteiger partial charge < -0.3 is 9.26 Å². The predicted octanol–water partition coefficient (Wildman–Crippen LogP) is 1.02. The molecule has 21 heavy (non-hydrogen) atoms. The van der Waals surface area contributed by atoms with Gasteiger partial charge in [-0.1, -0.05) is 12.1 Å². The van der Waals surface area contributed by atoms with Crippen molar-refractivity contribution in [3.8, 4) is 0 Å². The smallest absolute Gasteiger partial charge is 0.223 e. The molecule has 8 heteroatoms. The number of H-pyrrole nitrogens is 1. The van der Waals surface area contributed by atoms with Crippen LogP contribution in [0.2, 0.25) is 0 Å². The first kappa shape index (κ1) is 14.2. The van der Waals surface area contributed by atoms with Crippen LogP contribution in [0.15, 0.2) is 4.52 Å². The van der Waals surface area contributed by atoms with Gasteiger partial charge in [0, 0.05) is 26.4 Å². The van der Waals surface area contributed by atoms with E-state index in [1.165, 1.54) is 0 Å². The molecule has 0 aliphatic carbocycles. The second-order valence-electron chi connectivity index (χ2n) is 5.21. The molecule has 2 aromatic rings. The van der Waals surface area contributed by atoms with E-state index in [1.54, 1.807) is 6.92 Å². The quantitative estimate of drug-likeness (QED) is 0.879. The Labute approximate surface area is 122 Å². The van der Waals surface area contributed by atoms with Crippen LogP contribution in [0.1, 0.15) is 42.8 Å². The number of rotatable bonds is 5. The zero-order valence-electron chi connectivity index (χ0n) is 12.4. The van der Waals surface area contributed by atoms with Crippen LogP contribution >= 0.6 is 0 Å². The van der Waals surface area contributed by atoms with Gasteiger partial charge in [-0.3, -0.25) is 10.00 Å². The van der Waals surface area contributed by atoms with E-state index in [-0.39, 0.29) is 6.10 Å². The van der Waals surface area contributed by atoms with Gasteiger partial charge in [0.2, 0.25) is 5.89 Å². The summed E-state index contributed by atoms with van der Waals surface area (Å²) in [4.78, 5) is 11.0. The van der Waals surface area contributed by atoms with Crippen molar-refractivity contribution in [1.82, 2.24) is 30.2 Å². The lowest BCUT2D eigenvalue weighted by Gasteiger charge is -2.30. The number of aryl methyl sites for hydroxylation is 2. The third-order valence-corrected chi connectivity index (χ3v) is 3.41. The average Bonchev–Trinajstić information content (AvgIpc) is 3.09. The van der Waals surface area contributed by atoms with Gasteiger partial charge in [-0.05, 0) is 6.42 Å². The van der Waals surface area contributed by atoms with Crippen molar-refractivity contribution in [2.24, 2.45) is 0 Å². The van der Waals surface area contributed by atoms with Gasteiger partial charge >= 0.3 is 0 Å². The molecule has 0 unspecified atom stereocenters. The van der Waals surface area contributed by atoms with Gasteiger partial charge in [0.1, 0.15) is 11.9 Å². The van der Waals surface area contributed by atoms with E-state index in [9.17, 15) is 0 Å². The summed E-state index contributed by atoms with van der Waals surface area (Å²) < 4.78 is 10.8. The Balaban J connectivity index is 1.61. The first-order valence-electron chi connectivity index (χ1n) is 7.29. The van der Waals surface area contributed by atoms with Crippen LogP contribution < -0.4 is 0 Å². The highest BCUT2D eigenvalue weighted by molar-refractivity contribution is 4.97.